The van der Waals surface area contributed by atoms with Gasteiger partial charge in [-0.3, -0.25) is 4.79 Å². The average Bonchev–Trinajstić information content (AvgIpc) is 2.63. The monoisotopic (exact) mass is 376 g/mol. The fraction of sp³-hybridized carbons (Fsp3) is 0.0500. The first kappa shape index (κ1) is 31.1. The van der Waals surface area contributed by atoms with Crippen LogP contribution in [-0.2, 0) is 14.4 Å². The summed E-state index contributed by atoms with van der Waals surface area (Å²) in [6.07, 6.45) is 5.55. The molecule has 7 nitrogen and oxygen atoms in total. The van der Waals surface area contributed by atoms with Gasteiger partial charge in [0, 0.05) is 18.0 Å². The number of aliphatic carboxylic acids is 2. The summed E-state index contributed by atoms with van der Waals surface area (Å²) in [6.45, 7) is 16.4. The quantitative estimate of drug-likeness (QED) is 0.513. The summed E-state index contributed by atoms with van der Waals surface area (Å²) in [5, 5.41) is 17.7. The number of carbonyl (C=O) groups excluding carboxylic acids is 2. The van der Waals surface area contributed by atoms with Crippen molar-refractivity contribution in [2.75, 3.05) is 0 Å². The number of hydrogen-bond donors (Lipinski definition) is 3. The Balaban J connectivity index is -0.000000135. The van der Waals surface area contributed by atoms with Crippen molar-refractivity contribution in [2.24, 2.45) is 5.73 Å². The second kappa shape index (κ2) is 22.3. The van der Waals surface area contributed by atoms with Crippen LogP contribution in [-0.4, -0.2) is 23.0 Å². The van der Waals surface area contributed by atoms with Crippen LogP contribution in [0.3, 0.4) is 0 Å². The highest BCUT2D eigenvalue weighted by Gasteiger charge is 2.01. The lowest BCUT2D eigenvalue weighted by Crippen LogP contribution is -2.23. The summed E-state index contributed by atoms with van der Waals surface area (Å²) in [5.41, 5.74) is 5.34. The molecule has 1 aromatic carbocycles. The number of amides is 1. The highest BCUT2D eigenvalue weighted by atomic mass is 16.4. The largest absolute Gasteiger partial charge is 0.550 e. The Hall–Kier alpha value is -3.71. The molecule has 0 aliphatic heterocycles. The number of nitrogens with two attached hydrogens (primary N) is 1. The molecule has 1 amide bonds. The van der Waals surface area contributed by atoms with Gasteiger partial charge in [-0.05, 0) is 11.6 Å². The van der Waals surface area contributed by atoms with E-state index in [9.17, 15) is 19.5 Å². The first-order valence-electron chi connectivity index (χ1n) is 7.09. The summed E-state index contributed by atoms with van der Waals surface area (Å²) >= 11 is 0. The summed E-state index contributed by atoms with van der Waals surface area (Å²) in [7, 11) is 0. The summed E-state index contributed by atoms with van der Waals surface area (Å²) in [4.78, 5) is 29.0. The maximum atomic E-state index is 9.84. The van der Waals surface area contributed by atoms with Gasteiger partial charge in [0.2, 0.25) is 5.91 Å². The van der Waals surface area contributed by atoms with Gasteiger partial charge in [0.05, 0.1) is 0 Å². The van der Waals surface area contributed by atoms with E-state index >= 15 is 0 Å². The van der Waals surface area contributed by atoms with E-state index in [2.05, 4.69) is 38.6 Å². The minimum Gasteiger partial charge on any atom is -0.550 e. The topological polar surface area (TPSA) is 157 Å². The number of carboxylic acid groups (broad SMARTS) is 2. The zero-order valence-electron chi connectivity index (χ0n) is 15.6. The predicted molar refractivity (Wildman–Crippen MR) is 109 cm³/mol. The molecule has 27 heavy (non-hydrogen) atoms. The average molecular weight is 376 g/mol. The third kappa shape index (κ3) is 30.7. The van der Waals surface area contributed by atoms with Gasteiger partial charge >= 0.3 is 5.97 Å². The highest BCUT2D eigenvalue weighted by molar-refractivity contribution is 5.90. The summed E-state index contributed by atoms with van der Waals surface area (Å²) in [6, 6.07) is 10.0. The van der Waals surface area contributed by atoms with Gasteiger partial charge in [0.15, 0.2) is 0 Å². The molecule has 0 atom stereocenters. The van der Waals surface area contributed by atoms with Crippen LogP contribution in [0.5, 0.6) is 0 Å². The molecule has 1 aromatic rings. The number of allylic oxidation sites excluding steroid dienone is 2. The van der Waals surface area contributed by atoms with Crippen molar-refractivity contribution in [1.82, 2.24) is 6.15 Å². The number of carbonyl (C=O) groups is 3. The fourth-order valence-corrected chi connectivity index (χ4v) is 0.839. The van der Waals surface area contributed by atoms with Crippen LogP contribution in [0.1, 0.15) is 12.0 Å². The van der Waals surface area contributed by atoms with Crippen molar-refractivity contribution >= 4 is 23.9 Å². The molecular weight excluding hydrogens is 348 g/mol. The molecule has 0 fully saturated rings. The molecule has 0 aliphatic carbocycles. The molecule has 7 heteroatoms. The summed E-state index contributed by atoms with van der Waals surface area (Å²) < 4.78 is 0. The molecular formula is C20H28N2O5. The lowest BCUT2D eigenvalue weighted by Gasteiger charge is -1.98. The molecule has 148 valence electrons. The number of quaternary nitrogens is 1. The van der Waals surface area contributed by atoms with Crippen LogP contribution in [0.2, 0.25) is 0 Å². The van der Waals surface area contributed by atoms with Crippen LogP contribution in [0.25, 0.3) is 6.08 Å². The van der Waals surface area contributed by atoms with Gasteiger partial charge < -0.3 is 26.9 Å². The lowest BCUT2D eigenvalue weighted by molar-refractivity contribution is -0.304. The van der Waals surface area contributed by atoms with E-state index in [-0.39, 0.29) is 11.7 Å². The van der Waals surface area contributed by atoms with Crippen LogP contribution in [0.4, 0.5) is 0 Å². The number of benzene rings is 1. The van der Waals surface area contributed by atoms with Crippen molar-refractivity contribution in [3.63, 3.8) is 0 Å². The van der Waals surface area contributed by atoms with E-state index in [1.54, 1.807) is 12.2 Å². The zero-order valence-corrected chi connectivity index (χ0v) is 15.6. The maximum absolute atomic E-state index is 9.84. The van der Waals surface area contributed by atoms with Gasteiger partial charge in [0.1, 0.15) is 0 Å². The Morgan fingerprint density at radius 2 is 1.44 bits per heavy atom. The number of primary amides is 1. The first-order valence-corrected chi connectivity index (χ1v) is 7.09. The van der Waals surface area contributed by atoms with Crippen molar-refractivity contribution in [2.45, 2.75) is 6.42 Å². The predicted octanol–water partition coefficient (Wildman–Crippen LogP) is 2.49. The minimum atomic E-state index is -1.43. The second-order valence-corrected chi connectivity index (χ2v) is 4.15. The third-order valence-corrected chi connectivity index (χ3v) is 2.06. The zero-order chi connectivity index (χ0) is 21.0. The van der Waals surface area contributed by atoms with E-state index in [4.69, 9.17) is 5.11 Å². The second-order valence-electron chi connectivity index (χ2n) is 4.15. The molecule has 0 aliphatic rings. The Kier molecular flexibility index (Phi) is 25.7. The standard InChI is InChI=1S/C8H8.C5H6O4.C4H6.C3H5NO.H3N/c1-2-8-6-4-3-5-7-8;1-3(5(8)9)2-4(6)7;1-3-4-2;1-2-3(4)5;/h2-7H,1H2;1-2H2,(H,6,7)(H,8,9);3-4H,1-2H2;2H,1H2,(H2,4,5);1H3. The number of hydrogen-bond acceptors (Lipinski definition) is 4. The van der Waals surface area contributed by atoms with Crippen LogP contribution >= 0.6 is 0 Å². The lowest BCUT2D eigenvalue weighted by atomic mass is 10.2. The van der Waals surface area contributed by atoms with E-state index in [0.717, 1.165) is 6.08 Å². The third-order valence-electron chi connectivity index (χ3n) is 2.06. The molecule has 0 unspecified atom stereocenters. The van der Waals surface area contributed by atoms with E-state index in [1.165, 1.54) is 5.56 Å². The molecule has 0 heterocycles. The van der Waals surface area contributed by atoms with Crippen LogP contribution in [0.15, 0.2) is 87.0 Å². The first-order chi connectivity index (χ1) is 12.2. The summed E-state index contributed by atoms with van der Waals surface area (Å²) in [5.74, 6) is -3.22. The van der Waals surface area contributed by atoms with E-state index < -0.39 is 24.3 Å². The van der Waals surface area contributed by atoms with Gasteiger partial charge in [-0.1, -0.05) is 81.5 Å². The maximum Gasteiger partial charge on any atom is 0.331 e. The molecule has 0 aromatic heterocycles. The highest BCUT2D eigenvalue weighted by Crippen LogP contribution is 1.97. The van der Waals surface area contributed by atoms with Gasteiger partial charge in [-0.2, -0.15) is 0 Å². The van der Waals surface area contributed by atoms with Crippen molar-refractivity contribution in [3.05, 3.63) is 92.6 Å². The molecule has 0 saturated heterocycles. The van der Waals surface area contributed by atoms with Crippen LogP contribution in [0, 0.1) is 0 Å². The smallest absolute Gasteiger partial charge is 0.331 e. The fourth-order valence-electron chi connectivity index (χ4n) is 0.839. The Bertz CT molecular complexity index is 617. The van der Waals surface area contributed by atoms with Crippen molar-refractivity contribution in [1.29, 1.82) is 0 Å². The molecule has 0 bridgehead atoms. The van der Waals surface area contributed by atoms with Crippen molar-refractivity contribution < 1.29 is 24.6 Å². The SMILES string of the molecule is C=C(CC(=O)[O-])C(=O)O.C=CC(N)=O.C=CC=C.C=Cc1ccccc1.[NH4+]. The van der Waals surface area contributed by atoms with Gasteiger partial charge in [-0.25, -0.2) is 4.79 Å². The molecule has 1 rings (SSSR count). The van der Waals surface area contributed by atoms with Gasteiger partial charge in [0.25, 0.3) is 0 Å². The molecule has 0 saturated carbocycles. The van der Waals surface area contributed by atoms with Crippen molar-refractivity contribution in [3.8, 4) is 0 Å². The normalized spacial score (nSPS) is 7.26. The minimum absolute atomic E-state index is 0. The molecule has 7 N–H and O–H groups in total. The van der Waals surface area contributed by atoms with Gasteiger partial charge in [-0.15, -0.1) is 0 Å². The van der Waals surface area contributed by atoms with Crippen LogP contribution < -0.4 is 17.0 Å². The number of rotatable bonds is 6. The number of carboxylic acids is 2. The Morgan fingerprint density at radius 1 is 1.04 bits per heavy atom. The Morgan fingerprint density at radius 3 is 1.59 bits per heavy atom. The molecule has 0 spiro atoms. The Labute approximate surface area is 160 Å². The van der Waals surface area contributed by atoms with E-state index in [0.29, 0.717) is 0 Å². The molecule has 0 radical (unpaired) electrons. The van der Waals surface area contributed by atoms with E-state index in [1.807, 2.05) is 36.4 Å².